The molecule has 2 aliphatic carbocycles. The second-order valence-electron chi connectivity index (χ2n) is 19.1. The van der Waals surface area contributed by atoms with Gasteiger partial charge >= 0.3 is 5.97 Å². The molecule has 2 fully saturated rings. The van der Waals surface area contributed by atoms with Gasteiger partial charge in [-0.2, -0.15) is 20.5 Å². The van der Waals surface area contributed by atoms with Gasteiger partial charge in [0.05, 0.1) is 13.1 Å². The lowest BCUT2D eigenvalue weighted by atomic mass is 9.99. The smallest absolute Gasteiger partial charge is 0.317 e. The van der Waals surface area contributed by atoms with Crippen LogP contribution in [0.15, 0.2) is 70.5 Å². The van der Waals surface area contributed by atoms with Crippen molar-refractivity contribution >= 4 is 57.2 Å². The van der Waals surface area contributed by atoms with E-state index >= 15 is 0 Å². The van der Waals surface area contributed by atoms with Gasteiger partial charge in [0, 0.05) is 66.3 Å². The standard InChI is InChI=1S/C26H29N7O2.C22H22N6O.C4H9NO2/c1-31(2)16-23(34)32-10-9-17-12-21(8-7-18(17)15-32)29-26-28-14-20-11-19(13-27)25(35)33(24(20)30-26)22-5-3-4-6-22;23-11-16-9-17-13-25-22(26-18-6-5-15-12-24-8-7-14(15)10-18)27-20(17)28(21(16)29)19-3-1-2-4-19;1-5(2)3-4(6)7/h7-8,11-12,14,22H,3-6,9-10,15-16H2,1-2H3,(H,28,29,30);5-6,9-10,13,19,24H,1-4,7-8,12H2,(H,25,26,27);3H2,1-2H3,(H,6,7). The monoisotopic (exact) mass is 960 g/mol. The molecule has 4 aliphatic rings. The van der Waals surface area contributed by atoms with Crippen LogP contribution >= 0.6 is 0 Å². The summed E-state index contributed by atoms with van der Waals surface area (Å²) in [7, 11) is 7.23. The fraction of sp³-hybridized carbons (Fsp3) is 0.423. The van der Waals surface area contributed by atoms with E-state index in [1.165, 1.54) is 16.7 Å². The van der Waals surface area contributed by atoms with Crippen LogP contribution in [0, 0.1) is 22.7 Å². The van der Waals surface area contributed by atoms with Crippen LogP contribution in [0.3, 0.4) is 0 Å². The van der Waals surface area contributed by atoms with Gasteiger partial charge in [0.25, 0.3) is 11.1 Å². The molecule has 4 N–H and O–H groups in total. The number of amides is 1. The first-order chi connectivity index (χ1) is 34.3. The first kappa shape index (κ1) is 49.8. The van der Waals surface area contributed by atoms with Crippen molar-refractivity contribution in [3.63, 3.8) is 0 Å². The number of nitrogens with zero attached hydrogens (tertiary/aromatic N) is 11. The third kappa shape index (κ3) is 11.9. The van der Waals surface area contributed by atoms with E-state index in [0.29, 0.717) is 48.2 Å². The third-order valence-corrected chi connectivity index (χ3v) is 13.2. The van der Waals surface area contributed by atoms with E-state index in [2.05, 4.69) is 49.1 Å². The summed E-state index contributed by atoms with van der Waals surface area (Å²) in [6.07, 6.45) is 13.2. The molecule has 6 aromatic rings. The van der Waals surface area contributed by atoms with Gasteiger partial charge in [-0.3, -0.25) is 33.2 Å². The molecule has 2 aromatic carbocycles. The average molecular weight is 961 g/mol. The Bertz CT molecular complexity index is 3160. The molecule has 0 bridgehead atoms. The predicted molar refractivity (Wildman–Crippen MR) is 271 cm³/mol. The van der Waals surface area contributed by atoms with Crippen molar-refractivity contribution in [1.82, 2.24) is 49.1 Å². The molecule has 6 heterocycles. The van der Waals surface area contributed by atoms with Gasteiger partial charge in [-0.1, -0.05) is 37.8 Å². The summed E-state index contributed by atoms with van der Waals surface area (Å²) in [6.45, 7) is 3.72. The van der Waals surface area contributed by atoms with Gasteiger partial charge in [0.15, 0.2) is 0 Å². The maximum Gasteiger partial charge on any atom is 0.317 e. The number of fused-ring (bicyclic) bond motifs is 4. The second kappa shape index (κ2) is 22.4. The normalized spacial score (nSPS) is 15.5. The minimum absolute atomic E-state index is 0.0583. The number of carbonyl (C=O) groups is 2. The summed E-state index contributed by atoms with van der Waals surface area (Å²) in [5, 5.41) is 38.2. The highest BCUT2D eigenvalue weighted by molar-refractivity contribution is 5.80. The lowest BCUT2D eigenvalue weighted by Crippen LogP contribution is -2.40. The van der Waals surface area contributed by atoms with Crippen molar-refractivity contribution in [2.75, 3.05) is 65.0 Å². The number of likely N-dealkylation sites (N-methyl/N-ethyl adjacent to an activating group) is 2. The molecule has 2 aliphatic heterocycles. The van der Waals surface area contributed by atoms with Crippen LogP contribution in [0.5, 0.6) is 0 Å². The van der Waals surface area contributed by atoms with Crippen LogP contribution in [-0.2, 0) is 35.5 Å². The number of hydrogen-bond donors (Lipinski definition) is 4. The Balaban J connectivity index is 0.000000170. The van der Waals surface area contributed by atoms with Crippen LogP contribution < -0.4 is 27.1 Å². The Morgan fingerprint density at radius 3 is 1.66 bits per heavy atom. The summed E-state index contributed by atoms with van der Waals surface area (Å²) in [5.74, 6) is 0.222. The fourth-order valence-electron chi connectivity index (χ4n) is 9.82. The molecule has 19 heteroatoms. The molecule has 1 amide bonds. The van der Waals surface area contributed by atoms with Crippen molar-refractivity contribution in [2.45, 2.75) is 89.4 Å². The lowest BCUT2D eigenvalue weighted by molar-refractivity contribution is -0.137. The second-order valence-corrected chi connectivity index (χ2v) is 19.1. The maximum absolute atomic E-state index is 13.0. The van der Waals surface area contributed by atoms with E-state index in [4.69, 9.17) is 10.1 Å². The molecular formula is C52H60N14O5. The molecule has 19 nitrogen and oxygen atoms in total. The third-order valence-electron chi connectivity index (χ3n) is 13.2. The number of carbonyl (C=O) groups excluding carboxylic acids is 1. The molecular weight excluding hydrogens is 901 g/mol. The van der Waals surface area contributed by atoms with E-state index in [0.717, 1.165) is 99.6 Å². The molecule has 0 radical (unpaired) electrons. The Hall–Kier alpha value is -7.58. The zero-order valence-corrected chi connectivity index (χ0v) is 40.7. The SMILES string of the molecule is CN(C)CC(=O)N1CCc2cc(Nc3ncc4cc(C#N)c(=O)n(C5CCCC5)c4n3)ccc2C1.CN(C)CC(=O)O.N#Cc1cc2cnc(Nc3ccc4c(c3)CCNC4)nc2n(C2CCCC2)c1=O. The van der Waals surface area contributed by atoms with Crippen LogP contribution in [0.2, 0.25) is 0 Å². The van der Waals surface area contributed by atoms with E-state index in [1.54, 1.807) is 52.7 Å². The topological polar surface area (TPSA) is 243 Å². The average Bonchev–Trinajstić information content (AvgIpc) is 4.10. The Morgan fingerprint density at radius 1 is 0.704 bits per heavy atom. The highest BCUT2D eigenvalue weighted by Gasteiger charge is 2.25. The molecule has 10 rings (SSSR count). The minimum Gasteiger partial charge on any atom is -0.480 e. The van der Waals surface area contributed by atoms with Crippen LogP contribution in [-0.4, -0.2) is 115 Å². The lowest BCUT2D eigenvalue weighted by Gasteiger charge is -2.30. The minimum atomic E-state index is -0.787. The van der Waals surface area contributed by atoms with Gasteiger partial charge in [0.2, 0.25) is 17.8 Å². The summed E-state index contributed by atoms with van der Waals surface area (Å²) in [5.41, 5.74) is 7.70. The van der Waals surface area contributed by atoms with Crippen LogP contribution in [0.4, 0.5) is 23.3 Å². The highest BCUT2D eigenvalue weighted by Crippen LogP contribution is 2.33. The molecule has 4 aromatic heterocycles. The van der Waals surface area contributed by atoms with Crippen molar-refractivity contribution in [1.29, 1.82) is 10.5 Å². The zero-order chi connectivity index (χ0) is 50.2. The summed E-state index contributed by atoms with van der Waals surface area (Å²) >= 11 is 0. The number of pyridine rings is 2. The van der Waals surface area contributed by atoms with Gasteiger partial charge in [-0.05, 0) is 132 Å². The predicted octanol–water partition coefficient (Wildman–Crippen LogP) is 5.77. The summed E-state index contributed by atoms with van der Waals surface area (Å²) in [4.78, 5) is 71.7. The van der Waals surface area contributed by atoms with Crippen molar-refractivity contribution in [3.8, 4) is 12.1 Å². The molecule has 0 spiro atoms. The van der Waals surface area contributed by atoms with Crippen LogP contribution in [0.25, 0.3) is 22.1 Å². The molecule has 71 heavy (non-hydrogen) atoms. The van der Waals surface area contributed by atoms with Gasteiger partial charge < -0.3 is 30.9 Å². The number of nitrogens with one attached hydrogen (secondary N) is 3. The highest BCUT2D eigenvalue weighted by atomic mass is 16.4. The van der Waals surface area contributed by atoms with Crippen molar-refractivity contribution in [2.24, 2.45) is 0 Å². The number of hydrogen-bond acceptors (Lipinski definition) is 15. The van der Waals surface area contributed by atoms with E-state index in [1.807, 2.05) is 54.2 Å². The number of aliphatic carboxylic acids is 1. The number of nitriles is 2. The number of carboxylic acids is 1. The number of benzene rings is 2. The first-order valence-electron chi connectivity index (χ1n) is 24.2. The number of rotatable bonds is 10. The molecule has 0 atom stereocenters. The summed E-state index contributed by atoms with van der Waals surface area (Å²) in [6, 6.07) is 19.8. The zero-order valence-electron chi connectivity index (χ0n) is 40.7. The largest absolute Gasteiger partial charge is 0.480 e. The van der Waals surface area contributed by atoms with E-state index < -0.39 is 5.97 Å². The quantitative estimate of drug-likeness (QED) is 0.127. The van der Waals surface area contributed by atoms with E-state index in [-0.39, 0.29) is 46.8 Å². The molecule has 368 valence electrons. The van der Waals surface area contributed by atoms with Gasteiger partial charge in [-0.25, -0.2) is 9.97 Å². The van der Waals surface area contributed by atoms with Crippen molar-refractivity contribution in [3.05, 3.63) is 115 Å². The van der Waals surface area contributed by atoms with Crippen molar-refractivity contribution < 1.29 is 14.7 Å². The summed E-state index contributed by atoms with van der Waals surface area (Å²) < 4.78 is 3.41. The van der Waals surface area contributed by atoms with E-state index in [9.17, 15) is 29.7 Å². The molecule has 0 unspecified atom stereocenters. The molecule has 0 saturated heterocycles. The van der Waals surface area contributed by atoms with Gasteiger partial charge in [0.1, 0.15) is 34.6 Å². The fourth-order valence-corrected chi connectivity index (χ4v) is 9.82. The first-order valence-corrected chi connectivity index (χ1v) is 24.2. The molecule has 2 saturated carbocycles. The Labute approximate surface area is 411 Å². The number of carboxylic acid groups (broad SMARTS) is 1. The Kier molecular flexibility index (Phi) is 15.8. The van der Waals surface area contributed by atoms with Crippen LogP contribution in [0.1, 0.15) is 96.8 Å². The van der Waals surface area contributed by atoms with Gasteiger partial charge in [-0.15, -0.1) is 0 Å². The Morgan fingerprint density at radius 2 is 1.20 bits per heavy atom. The number of aromatic nitrogens is 6. The maximum atomic E-state index is 13.0. The number of anilines is 4.